The molecule has 0 aliphatic carbocycles. The van der Waals surface area contributed by atoms with E-state index in [-0.39, 0.29) is 12.2 Å². The Hall–Kier alpha value is -4.36. The van der Waals surface area contributed by atoms with Crippen LogP contribution in [0, 0.1) is 0 Å². The number of ether oxygens (including phenoxy) is 2. The summed E-state index contributed by atoms with van der Waals surface area (Å²) in [7, 11) is 0. The fourth-order valence-electron chi connectivity index (χ4n) is 3.33. The minimum Gasteiger partial charge on any atom is -0.478 e. The molecule has 0 saturated carbocycles. The minimum atomic E-state index is -2.11. The summed E-state index contributed by atoms with van der Waals surface area (Å²) in [6, 6.07) is 3.04. The lowest BCUT2D eigenvalue weighted by Crippen LogP contribution is -2.55. The Morgan fingerprint density at radius 3 is 2.00 bits per heavy atom. The third kappa shape index (κ3) is 12.9. The van der Waals surface area contributed by atoms with Gasteiger partial charge in [-0.1, -0.05) is 31.9 Å². The molecule has 40 heavy (non-hydrogen) atoms. The lowest BCUT2D eigenvalue weighted by Gasteiger charge is -2.25. The maximum atomic E-state index is 13.1. The van der Waals surface area contributed by atoms with Crippen molar-refractivity contribution in [3.05, 3.63) is 29.8 Å². The Morgan fingerprint density at radius 2 is 1.50 bits per heavy atom. The van der Waals surface area contributed by atoms with Crippen LogP contribution in [0.1, 0.15) is 58.9 Å². The highest BCUT2D eigenvalue weighted by Crippen LogP contribution is 2.16. The highest BCUT2D eigenvalue weighted by Gasteiger charge is 2.30. The Morgan fingerprint density at radius 1 is 0.900 bits per heavy atom. The second kappa shape index (κ2) is 15.9. The highest BCUT2D eigenvalue weighted by atomic mass is 16.6. The molecule has 0 radical (unpaired) electrons. The lowest BCUT2D eigenvalue weighted by molar-refractivity contribution is -0.159. The molecule has 1 aromatic carbocycles. The molecule has 14 nitrogen and oxygen atoms in total. The summed E-state index contributed by atoms with van der Waals surface area (Å²) >= 11 is 0. The number of hydrogen-bond donors (Lipinski definition) is 6. The largest absolute Gasteiger partial charge is 0.478 e. The van der Waals surface area contributed by atoms with Crippen LogP contribution in [0.5, 0.6) is 5.75 Å². The fraction of sp³-hybridized carbons (Fsp3) is 0.538. The molecule has 1 rings (SSSR count). The summed E-state index contributed by atoms with van der Waals surface area (Å²) in [6.45, 7) is 7.22. The number of aliphatic carboxylic acids is 2. The summed E-state index contributed by atoms with van der Waals surface area (Å²) in [5, 5.41) is 25.6. The quantitative estimate of drug-likeness (QED) is 0.121. The molecule has 1 aromatic rings. The van der Waals surface area contributed by atoms with Crippen LogP contribution in [0.4, 0.5) is 4.79 Å². The zero-order valence-corrected chi connectivity index (χ0v) is 23.0. The zero-order valence-electron chi connectivity index (χ0n) is 23.0. The van der Waals surface area contributed by atoms with Gasteiger partial charge in [-0.25, -0.2) is 14.4 Å². The summed E-state index contributed by atoms with van der Waals surface area (Å²) in [6.07, 6.45) is -1.11. The van der Waals surface area contributed by atoms with Gasteiger partial charge in [0, 0.05) is 13.0 Å². The van der Waals surface area contributed by atoms with Crippen LogP contribution in [0.15, 0.2) is 24.3 Å². The number of benzene rings is 1. The summed E-state index contributed by atoms with van der Waals surface area (Å²) in [5.41, 5.74) is 4.89. The molecule has 0 fully saturated rings. The summed E-state index contributed by atoms with van der Waals surface area (Å²) < 4.78 is 10.1. The number of hydrogen-bond acceptors (Lipinski definition) is 8. The van der Waals surface area contributed by atoms with Crippen molar-refractivity contribution in [1.82, 2.24) is 16.0 Å². The number of carboxylic acid groups (broad SMARTS) is 2. The van der Waals surface area contributed by atoms with Gasteiger partial charge in [0.15, 0.2) is 0 Å². The third-order valence-corrected chi connectivity index (χ3v) is 5.19. The molecular weight excluding hydrogens is 528 g/mol. The lowest BCUT2D eigenvalue weighted by atomic mass is 10.0. The van der Waals surface area contributed by atoms with Gasteiger partial charge in [0.2, 0.25) is 17.7 Å². The predicted octanol–water partition coefficient (Wildman–Crippen LogP) is 0.706. The van der Waals surface area contributed by atoms with E-state index in [1.165, 1.54) is 24.3 Å². The Balaban J connectivity index is 3.10. The Kier molecular flexibility index (Phi) is 13.4. The number of carbonyl (C=O) groups is 6. The van der Waals surface area contributed by atoms with Gasteiger partial charge in [0.1, 0.15) is 23.4 Å². The van der Waals surface area contributed by atoms with E-state index in [2.05, 4.69) is 16.0 Å². The first-order chi connectivity index (χ1) is 18.6. The van der Waals surface area contributed by atoms with Crippen molar-refractivity contribution < 1.29 is 48.5 Å². The van der Waals surface area contributed by atoms with E-state index in [9.17, 15) is 28.8 Å². The standard InChI is InChI=1S/C26H38N4O10/c1-5-6-7-12-28-21(32)17(13-15-8-10-16(11-9-15)39-20(23(34)35)24(36)37)29-22(33)18(14-19(27)31)30-25(38)40-26(2,3)4/h8-11,17-18,20H,5-7,12-14H2,1-4H3,(H2,27,31)(H,28,32)(H,29,33)(H,30,38)(H,34,35)(H,36,37)/t17-,18?/m0/s1. The second-order valence-corrected chi connectivity index (χ2v) is 9.95. The molecule has 14 heteroatoms. The topological polar surface area (TPSA) is 223 Å². The third-order valence-electron chi connectivity index (χ3n) is 5.19. The van der Waals surface area contributed by atoms with Gasteiger partial charge in [-0.05, 0) is 44.9 Å². The predicted molar refractivity (Wildman–Crippen MR) is 141 cm³/mol. The molecule has 0 aliphatic rings. The number of rotatable bonds is 16. The molecule has 0 spiro atoms. The number of unbranched alkanes of at least 4 members (excludes halogenated alkanes) is 2. The van der Waals surface area contributed by atoms with E-state index in [0.29, 0.717) is 18.5 Å². The van der Waals surface area contributed by atoms with Crippen molar-refractivity contribution in [3.8, 4) is 5.75 Å². The molecule has 7 N–H and O–H groups in total. The van der Waals surface area contributed by atoms with E-state index < -0.39 is 66.0 Å². The molecule has 4 amide bonds. The van der Waals surface area contributed by atoms with Gasteiger partial charge in [-0.15, -0.1) is 0 Å². The van der Waals surface area contributed by atoms with Crippen molar-refractivity contribution >= 4 is 35.8 Å². The molecule has 0 bridgehead atoms. The van der Waals surface area contributed by atoms with E-state index in [4.69, 9.17) is 25.4 Å². The number of carbonyl (C=O) groups excluding carboxylic acids is 4. The molecule has 1 unspecified atom stereocenters. The fourth-order valence-corrected chi connectivity index (χ4v) is 3.33. The Bertz CT molecular complexity index is 1040. The maximum absolute atomic E-state index is 13.1. The van der Waals surface area contributed by atoms with Gasteiger partial charge in [-0.3, -0.25) is 14.4 Å². The molecular formula is C26H38N4O10. The van der Waals surface area contributed by atoms with Gasteiger partial charge in [0.05, 0.1) is 6.42 Å². The molecule has 0 saturated heterocycles. The van der Waals surface area contributed by atoms with Gasteiger partial charge in [-0.2, -0.15) is 0 Å². The SMILES string of the molecule is CCCCCNC(=O)[C@H](Cc1ccc(OC(C(=O)O)C(=O)O)cc1)NC(=O)C(CC(N)=O)NC(=O)OC(C)(C)C. The first-order valence-electron chi connectivity index (χ1n) is 12.7. The summed E-state index contributed by atoms with van der Waals surface area (Å²) in [5.74, 6) is -5.62. The van der Waals surface area contributed by atoms with Crippen LogP contribution in [0.3, 0.4) is 0 Å². The van der Waals surface area contributed by atoms with Crippen LogP contribution < -0.4 is 26.4 Å². The average molecular weight is 567 g/mol. The van der Waals surface area contributed by atoms with Gasteiger partial charge < -0.3 is 41.4 Å². The molecule has 222 valence electrons. The number of carboxylic acids is 2. The monoisotopic (exact) mass is 566 g/mol. The van der Waals surface area contributed by atoms with E-state index >= 15 is 0 Å². The second-order valence-electron chi connectivity index (χ2n) is 9.95. The van der Waals surface area contributed by atoms with E-state index in [1.807, 2.05) is 6.92 Å². The van der Waals surface area contributed by atoms with E-state index in [0.717, 1.165) is 12.8 Å². The molecule has 0 heterocycles. The number of amides is 4. The van der Waals surface area contributed by atoms with Crippen LogP contribution in [0.25, 0.3) is 0 Å². The van der Waals surface area contributed by atoms with Crippen molar-refractivity contribution in [2.45, 2.75) is 83.6 Å². The molecule has 2 atom stereocenters. The van der Waals surface area contributed by atoms with Crippen LogP contribution in [-0.2, 0) is 35.1 Å². The Labute approximate surface area is 232 Å². The summed E-state index contributed by atoms with van der Waals surface area (Å²) in [4.78, 5) is 72.0. The first kappa shape index (κ1) is 33.7. The number of nitrogens with two attached hydrogens (primary N) is 1. The van der Waals surface area contributed by atoms with Crippen LogP contribution >= 0.6 is 0 Å². The number of alkyl carbamates (subject to hydrolysis) is 1. The normalized spacial score (nSPS) is 12.5. The van der Waals surface area contributed by atoms with Crippen molar-refractivity contribution in [2.75, 3.05) is 6.54 Å². The van der Waals surface area contributed by atoms with Gasteiger partial charge >= 0.3 is 18.0 Å². The average Bonchev–Trinajstić information content (AvgIpc) is 2.83. The van der Waals surface area contributed by atoms with Crippen molar-refractivity contribution in [2.24, 2.45) is 5.73 Å². The minimum absolute atomic E-state index is 0.0359. The van der Waals surface area contributed by atoms with Gasteiger partial charge in [0.25, 0.3) is 6.10 Å². The van der Waals surface area contributed by atoms with Crippen molar-refractivity contribution in [1.29, 1.82) is 0 Å². The highest BCUT2D eigenvalue weighted by molar-refractivity contribution is 5.96. The molecule has 0 aromatic heterocycles. The van der Waals surface area contributed by atoms with Crippen LogP contribution in [-0.4, -0.2) is 76.3 Å². The van der Waals surface area contributed by atoms with Crippen molar-refractivity contribution in [3.63, 3.8) is 0 Å². The first-order valence-corrected chi connectivity index (χ1v) is 12.7. The maximum Gasteiger partial charge on any atom is 0.408 e. The van der Waals surface area contributed by atoms with Crippen LogP contribution in [0.2, 0.25) is 0 Å². The smallest absolute Gasteiger partial charge is 0.408 e. The zero-order chi connectivity index (χ0) is 30.5. The number of primary amides is 1. The van der Waals surface area contributed by atoms with E-state index in [1.54, 1.807) is 20.8 Å². The number of nitrogens with one attached hydrogen (secondary N) is 3. The molecule has 0 aliphatic heterocycles.